The van der Waals surface area contributed by atoms with Crippen LogP contribution in [0.3, 0.4) is 0 Å². The summed E-state index contributed by atoms with van der Waals surface area (Å²) in [6, 6.07) is 10.4. The number of rotatable bonds is 24. The minimum absolute atomic E-state index is 0.0210. The number of amides is 4. The monoisotopic (exact) mass is 1820 g/mol. The van der Waals surface area contributed by atoms with Crippen LogP contribution in [0.1, 0.15) is 205 Å². The van der Waals surface area contributed by atoms with E-state index < -0.39 is 0 Å². The Morgan fingerprint density at radius 1 is 0.407 bits per heavy atom. The van der Waals surface area contributed by atoms with E-state index in [1.807, 2.05) is 142 Å². The number of anilines is 4. The number of aryl methyl sites for hydroxylation is 2. The van der Waals surface area contributed by atoms with Crippen LogP contribution < -0.4 is 41.8 Å². The first-order chi connectivity index (χ1) is 65.4. The van der Waals surface area contributed by atoms with Crippen LogP contribution in [-0.2, 0) is 51.9 Å². The number of allylic oxidation sites excluding steroid dienone is 8. The zero-order valence-corrected chi connectivity index (χ0v) is 78.2. The summed E-state index contributed by atoms with van der Waals surface area (Å²) in [6.07, 6.45) is 53.2. The number of nitrogens with zero attached hydrogens (tertiary/aromatic N) is 24. The Balaban J connectivity index is 0.000000125. The van der Waals surface area contributed by atoms with Crippen molar-refractivity contribution >= 4 is 71.2 Å². The van der Waals surface area contributed by atoms with Crippen molar-refractivity contribution in [1.29, 1.82) is 0 Å². The van der Waals surface area contributed by atoms with Gasteiger partial charge in [-0.05, 0) is 158 Å². The third kappa shape index (κ3) is 20.0. The molecule has 6 aliphatic carbocycles. The van der Waals surface area contributed by atoms with E-state index in [-0.39, 0.29) is 70.0 Å². The van der Waals surface area contributed by atoms with Crippen molar-refractivity contribution in [3.8, 4) is 11.6 Å². The Hall–Kier alpha value is -14.5. The van der Waals surface area contributed by atoms with Crippen LogP contribution in [0.15, 0.2) is 192 Å². The van der Waals surface area contributed by atoms with Crippen molar-refractivity contribution in [2.45, 2.75) is 186 Å². The average Bonchev–Trinajstić information content (AvgIpc) is 1.64. The van der Waals surface area contributed by atoms with Gasteiger partial charge in [0.25, 0.3) is 45.9 Å². The highest BCUT2D eigenvalue weighted by Crippen LogP contribution is 2.42. The smallest absolute Gasteiger partial charge is 0.255 e. The van der Waals surface area contributed by atoms with Gasteiger partial charge in [-0.3, -0.25) is 43.3 Å². The van der Waals surface area contributed by atoms with Gasteiger partial charge in [-0.15, -0.1) is 26.3 Å². The van der Waals surface area contributed by atoms with E-state index in [1.54, 1.807) is 108 Å². The summed E-state index contributed by atoms with van der Waals surface area (Å²) in [4.78, 5) is 158. The predicted molar refractivity (Wildman–Crippen MR) is 524 cm³/mol. The van der Waals surface area contributed by atoms with Crippen molar-refractivity contribution < 1.29 is 19.2 Å². The van der Waals surface area contributed by atoms with Gasteiger partial charge in [0.15, 0.2) is 11.6 Å². The van der Waals surface area contributed by atoms with Gasteiger partial charge >= 0.3 is 0 Å². The standard InChI is InChI=1S/C27H33N5O2.C26H31N5O2.2C25H27N7O2/c1-5-10-32-16-23(21-13-17(2)14-22(21)27(32)34)26(33)30(4)20-8-11-31(12-9-20)25-15-24(19-6-7-19)28-18(3)29-25;1-4-12-31-16-22(20-6-5-7-21(20)26(31)33)25(32)29(3)19-10-13-30(14-11-19)23-15-17(2)27-24(28-23)18-8-9-18;1-3-11-31-17-21(19-6-4-7-20(19)25(31)34)24(33)29(2)18-8-13-30(14-9-18)22-15-26-16-23(28-22)32-12-5-10-27-32;1-3-11-31-16-21(19-6-4-7-20(19)25(31)34)24(33)29(2)18-8-13-30(14-9-18)22-15-23(27-17-26-22)32-12-5-10-28-32/h5,13,15-16,19-20H,1,6-12,14H2,2-4H3;4-6,15-16,18-19H,1,7-14H2,2-3H3;2*3-6,10,12,15-18H,1,7-9,11,13-14H2,2H3. The van der Waals surface area contributed by atoms with Crippen LogP contribution in [0, 0.1) is 13.8 Å². The second-order valence-electron chi connectivity index (χ2n) is 36.6. The Morgan fingerprint density at radius 3 is 1.19 bits per heavy atom. The number of pyridine rings is 4. The van der Waals surface area contributed by atoms with Crippen LogP contribution in [0.2, 0.25) is 0 Å². The minimum atomic E-state index is -0.0560. The molecule has 20 rings (SSSR count). The summed E-state index contributed by atoms with van der Waals surface area (Å²) < 4.78 is 9.76. The Morgan fingerprint density at radius 2 is 0.785 bits per heavy atom. The minimum Gasteiger partial charge on any atom is -0.356 e. The lowest BCUT2D eigenvalue weighted by molar-refractivity contribution is 0.0700. The molecule has 4 saturated heterocycles. The van der Waals surface area contributed by atoms with E-state index >= 15 is 0 Å². The normalized spacial score (nSPS) is 16.6. The molecule has 0 aromatic carbocycles. The topological polar surface area (TPSA) is 321 Å². The second-order valence-corrected chi connectivity index (χ2v) is 36.6. The largest absolute Gasteiger partial charge is 0.356 e. The molecule has 0 radical (unpaired) electrons. The molecule has 4 aliphatic heterocycles. The molecular weight excluding hydrogens is 1700 g/mol. The van der Waals surface area contributed by atoms with Crippen LogP contribution in [0.5, 0.6) is 0 Å². The molecule has 10 aromatic heterocycles. The van der Waals surface area contributed by atoms with Crippen LogP contribution >= 0.6 is 0 Å². The van der Waals surface area contributed by atoms with Gasteiger partial charge in [0.05, 0.1) is 34.6 Å². The fourth-order valence-corrected chi connectivity index (χ4v) is 19.7. The van der Waals surface area contributed by atoms with Gasteiger partial charge in [0.1, 0.15) is 41.2 Å². The zero-order chi connectivity index (χ0) is 94.4. The third-order valence-corrected chi connectivity index (χ3v) is 27.6. The molecule has 0 atom stereocenters. The lowest BCUT2D eigenvalue weighted by atomic mass is 10.0. The predicted octanol–water partition coefficient (Wildman–Crippen LogP) is 11.7. The number of fused-ring (bicyclic) bond motifs is 4. The molecule has 4 amide bonds. The van der Waals surface area contributed by atoms with Crippen molar-refractivity contribution in [3.63, 3.8) is 0 Å². The summed E-state index contributed by atoms with van der Waals surface area (Å²) in [5.41, 5.74) is 11.4. The fraction of sp³-hybridized carbons (Fsp3) is 0.398. The Labute approximate surface area is 785 Å². The zero-order valence-electron chi connectivity index (χ0n) is 78.2. The maximum Gasteiger partial charge on any atom is 0.255 e. The number of aromatic nitrogens is 16. The first-order valence-electron chi connectivity index (χ1n) is 47.0. The quantitative estimate of drug-likeness (QED) is 0.0507. The van der Waals surface area contributed by atoms with Gasteiger partial charge in [-0.25, -0.2) is 44.3 Å². The molecule has 0 spiro atoms. The van der Waals surface area contributed by atoms with Gasteiger partial charge in [0.2, 0.25) is 0 Å². The molecule has 10 aromatic rings. The third-order valence-electron chi connectivity index (χ3n) is 27.6. The molecule has 0 N–H and O–H groups in total. The molecule has 0 unspecified atom stereocenters. The Kier molecular flexibility index (Phi) is 27.7. The molecule has 0 bridgehead atoms. The average molecular weight is 1820 g/mol. The molecular formula is C103H118N24O8. The van der Waals surface area contributed by atoms with Gasteiger partial charge in [-0.1, -0.05) is 72.4 Å². The van der Waals surface area contributed by atoms with Crippen molar-refractivity contribution in [2.24, 2.45) is 0 Å². The molecule has 135 heavy (non-hydrogen) atoms. The highest BCUT2D eigenvalue weighted by Gasteiger charge is 2.38. The number of piperidine rings is 4. The van der Waals surface area contributed by atoms with Crippen molar-refractivity contribution in [1.82, 2.24) is 97.3 Å². The number of carbonyl (C=O) groups is 4. The molecule has 2 saturated carbocycles. The maximum atomic E-state index is 13.6. The Bertz CT molecular complexity index is 6390. The van der Waals surface area contributed by atoms with E-state index in [4.69, 9.17) is 9.97 Å². The second kappa shape index (κ2) is 40.5. The molecule has 698 valence electrons. The fourth-order valence-electron chi connectivity index (χ4n) is 19.7. The summed E-state index contributed by atoms with van der Waals surface area (Å²) in [5, 5.41) is 8.46. The maximum absolute atomic E-state index is 13.6. The molecule has 10 aliphatic rings. The van der Waals surface area contributed by atoms with Crippen LogP contribution in [0.25, 0.3) is 35.9 Å². The highest BCUT2D eigenvalue weighted by molar-refractivity contribution is 6.01. The summed E-state index contributed by atoms with van der Waals surface area (Å²) in [6.45, 7) is 29.1. The van der Waals surface area contributed by atoms with E-state index in [2.05, 4.69) is 98.1 Å². The van der Waals surface area contributed by atoms with Gasteiger partial charge in [0, 0.05) is 244 Å². The van der Waals surface area contributed by atoms with Gasteiger partial charge < -0.3 is 57.5 Å². The van der Waals surface area contributed by atoms with Crippen LogP contribution in [-0.4, -0.2) is 226 Å². The molecule has 32 nitrogen and oxygen atoms in total. The van der Waals surface area contributed by atoms with E-state index in [0.717, 1.165) is 184 Å². The van der Waals surface area contributed by atoms with E-state index in [9.17, 15) is 38.4 Å². The van der Waals surface area contributed by atoms with Crippen LogP contribution in [0.4, 0.5) is 23.3 Å². The lowest BCUT2D eigenvalue weighted by Crippen LogP contribution is -2.46. The van der Waals surface area contributed by atoms with E-state index in [0.29, 0.717) is 108 Å². The first-order valence-corrected chi connectivity index (χ1v) is 47.0. The SMILES string of the molecule is C=CCn1cc(C(=O)N(C)C2CCN(c3cc(-n4cccn4)ncn3)CC2)c2c(c1=O)CC=C2.C=CCn1cc(C(=O)N(C)C2CCN(c3cc(C)nc(C4CC4)n3)CC2)c2c(c1=O)CC=C2.C=CCn1cc(C(=O)N(C)C2CCN(c3cc(C4CC4)nc(C)n3)CC2)c2c(c1=O)CC(C)=C2.C=CCn1cc(C(=O)N(C)C2CCN(c3cncc(-n4cccn4)n3)CC2)c2c(c1=O)CC=C2. The number of hydrogen-bond acceptors (Lipinski definition) is 22. The lowest BCUT2D eigenvalue weighted by Gasteiger charge is -2.37. The number of carbonyl (C=O) groups excluding carboxylic acids is 4. The molecule has 6 fully saturated rings. The van der Waals surface area contributed by atoms with E-state index in [1.165, 1.54) is 31.4 Å². The molecule has 32 heteroatoms. The van der Waals surface area contributed by atoms with Gasteiger partial charge in [-0.2, -0.15) is 10.2 Å². The summed E-state index contributed by atoms with van der Waals surface area (Å²) in [5.74, 6) is 7.87. The highest BCUT2D eigenvalue weighted by atomic mass is 16.2. The summed E-state index contributed by atoms with van der Waals surface area (Å²) >= 11 is 0. The molecule has 14 heterocycles. The first kappa shape index (κ1) is 92.4. The number of hydrogen-bond donors (Lipinski definition) is 0. The summed E-state index contributed by atoms with van der Waals surface area (Å²) in [7, 11) is 7.49. The van der Waals surface area contributed by atoms with Crippen molar-refractivity contribution in [3.05, 3.63) is 304 Å². The van der Waals surface area contributed by atoms with Crippen molar-refractivity contribution in [2.75, 3.05) is 100 Å².